The Hall–Kier alpha value is -0.570. The minimum Gasteiger partial charge on any atom is -0.359 e. The fourth-order valence-electron chi connectivity index (χ4n) is 2.64. The summed E-state index contributed by atoms with van der Waals surface area (Å²) in [5.41, 5.74) is 0. The van der Waals surface area contributed by atoms with Gasteiger partial charge in [0.1, 0.15) is 0 Å². The Kier molecular flexibility index (Phi) is 18.1. The molecule has 134 valence electrons. The molecule has 1 amide bonds. The molecule has 3 heteroatoms. The third-order valence-electron chi connectivity index (χ3n) is 4.30. The number of hydrogen-bond acceptors (Lipinski definition) is 1. The molecule has 0 radical (unpaired) electrons. The zero-order valence-corrected chi connectivity index (χ0v) is 16.3. The number of carbonyl (C=O) groups excluding carboxylic acids is 1. The normalized spacial score (nSPS) is 10.8. The molecule has 0 aromatic carbocycles. The highest BCUT2D eigenvalue weighted by molar-refractivity contribution is 5.72. The van der Waals surface area contributed by atoms with E-state index in [1.165, 1.54) is 89.0 Å². The molecule has 0 atom stereocenters. The van der Waals surface area contributed by atoms with Gasteiger partial charge in [-0.05, 0) is 25.7 Å². The Balaban J connectivity index is 0. The average molecular weight is 316 g/mol. The molecular formula is C19H43N2O+. The Morgan fingerprint density at radius 2 is 0.955 bits per heavy atom. The summed E-state index contributed by atoms with van der Waals surface area (Å²) in [4.78, 5) is 9.70. The van der Waals surface area contributed by atoms with E-state index in [0.29, 0.717) is 0 Å². The van der Waals surface area contributed by atoms with Crippen LogP contribution in [0.2, 0.25) is 0 Å². The van der Waals surface area contributed by atoms with E-state index in [0.717, 1.165) is 0 Å². The predicted molar refractivity (Wildman–Crippen MR) is 99.1 cm³/mol. The van der Waals surface area contributed by atoms with E-state index in [1.54, 1.807) is 7.05 Å². The summed E-state index contributed by atoms with van der Waals surface area (Å²) in [5.74, 6) is 0.00463. The van der Waals surface area contributed by atoms with Gasteiger partial charge in [-0.2, -0.15) is 0 Å². The van der Waals surface area contributed by atoms with Crippen LogP contribution in [0.4, 0.5) is 0 Å². The second kappa shape index (κ2) is 16.8. The monoisotopic (exact) mass is 315 g/mol. The smallest absolute Gasteiger partial charge is 0.216 e. The number of unbranched alkanes of at least 4 members (excludes halogenated alkanes) is 4. The molecule has 0 spiro atoms. The summed E-state index contributed by atoms with van der Waals surface area (Å²) >= 11 is 0. The second-order valence-corrected chi connectivity index (χ2v) is 6.46. The van der Waals surface area contributed by atoms with Gasteiger partial charge in [-0.3, -0.25) is 4.79 Å². The standard InChI is InChI=1S/C16H36N.C3H7NO/c1-5-9-13-17(14-10-6-2,15-11-7-3)16-12-8-4;1-3(5)4-2/h5-16H2,1-4H3;1-2H3,(H,4,5)/q+1;. The molecule has 3 nitrogen and oxygen atoms in total. The fraction of sp³-hybridized carbons (Fsp3) is 0.947. The Labute approximate surface area is 140 Å². The van der Waals surface area contributed by atoms with Gasteiger partial charge in [0.25, 0.3) is 0 Å². The minimum absolute atomic E-state index is 0.00463. The number of nitrogens with zero attached hydrogens (tertiary/aromatic N) is 1. The number of carbonyl (C=O) groups is 1. The lowest BCUT2D eigenvalue weighted by molar-refractivity contribution is -0.929. The highest BCUT2D eigenvalue weighted by Gasteiger charge is 2.24. The van der Waals surface area contributed by atoms with Crippen LogP contribution in [0.3, 0.4) is 0 Å². The largest absolute Gasteiger partial charge is 0.359 e. The maximum Gasteiger partial charge on any atom is 0.216 e. The van der Waals surface area contributed by atoms with Crippen molar-refractivity contribution in [2.45, 2.75) is 86.0 Å². The van der Waals surface area contributed by atoms with Crippen molar-refractivity contribution in [2.75, 3.05) is 33.2 Å². The number of amides is 1. The summed E-state index contributed by atoms with van der Waals surface area (Å²) < 4.78 is 1.42. The van der Waals surface area contributed by atoms with Crippen molar-refractivity contribution in [3.63, 3.8) is 0 Å². The first kappa shape index (κ1) is 23.7. The molecule has 0 aromatic rings. The quantitative estimate of drug-likeness (QED) is 0.517. The molecule has 0 saturated carbocycles. The van der Waals surface area contributed by atoms with E-state index in [-0.39, 0.29) is 5.91 Å². The molecule has 22 heavy (non-hydrogen) atoms. The van der Waals surface area contributed by atoms with Gasteiger partial charge in [0.2, 0.25) is 5.91 Å². The molecule has 0 saturated heterocycles. The number of rotatable bonds is 12. The lowest BCUT2D eigenvalue weighted by Gasteiger charge is -2.39. The van der Waals surface area contributed by atoms with Gasteiger partial charge >= 0.3 is 0 Å². The minimum atomic E-state index is 0.00463. The summed E-state index contributed by atoms with van der Waals surface area (Å²) in [6.07, 6.45) is 11.1. The zero-order chi connectivity index (χ0) is 17.3. The van der Waals surface area contributed by atoms with Gasteiger partial charge in [-0.15, -0.1) is 0 Å². The molecule has 0 fully saturated rings. The number of hydrogen-bond donors (Lipinski definition) is 1. The molecule has 0 bridgehead atoms. The predicted octanol–water partition coefficient (Wildman–Crippen LogP) is 4.76. The second-order valence-electron chi connectivity index (χ2n) is 6.46. The Bertz CT molecular complexity index is 204. The average Bonchev–Trinajstić information content (AvgIpc) is 2.54. The summed E-state index contributed by atoms with van der Waals surface area (Å²) in [6.45, 7) is 16.5. The van der Waals surface area contributed by atoms with Crippen molar-refractivity contribution in [1.29, 1.82) is 0 Å². The highest BCUT2D eigenvalue weighted by atomic mass is 16.1. The van der Waals surface area contributed by atoms with Crippen LogP contribution in [0.1, 0.15) is 86.0 Å². The van der Waals surface area contributed by atoms with Crippen LogP contribution in [-0.2, 0) is 4.79 Å². The van der Waals surface area contributed by atoms with Gasteiger partial charge in [0, 0.05) is 14.0 Å². The number of quaternary nitrogens is 1. The van der Waals surface area contributed by atoms with E-state index in [4.69, 9.17) is 0 Å². The van der Waals surface area contributed by atoms with Crippen LogP contribution in [0, 0.1) is 0 Å². The van der Waals surface area contributed by atoms with E-state index in [9.17, 15) is 4.79 Å². The Morgan fingerprint density at radius 3 is 1.09 bits per heavy atom. The van der Waals surface area contributed by atoms with Gasteiger partial charge < -0.3 is 9.80 Å². The lowest BCUT2D eigenvalue weighted by Crippen LogP contribution is -2.50. The fourth-order valence-corrected chi connectivity index (χ4v) is 2.64. The molecule has 0 rings (SSSR count). The first-order chi connectivity index (χ1) is 10.5. The molecule has 1 N–H and O–H groups in total. The van der Waals surface area contributed by atoms with Gasteiger partial charge in [-0.25, -0.2) is 0 Å². The van der Waals surface area contributed by atoms with Crippen LogP contribution in [0.25, 0.3) is 0 Å². The van der Waals surface area contributed by atoms with Crippen molar-refractivity contribution in [1.82, 2.24) is 5.32 Å². The van der Waals surface area contributed by atoms with Crippen molar-refractivity contribution < 1.29 is 9.28 Å². The molecule has 0 aliphatic heterocycles. The highest BCUT2D eigenvalue weighted by Crippen LogP contribution is 2.16. The molecule has 0 aliphatic rings. The first-order valence-corrected chi connectivity index (χ1v) is 9.55. The van der Waals surface area contributed by atoms with Crippen LogP contribution < -0.4 is 5.32 Å². The zero-order valence-electron chi connectivity index (χ0n) is 16.3. The summed E-state index contributed by atoms with van der Waals surface area (Å²) in [5, 5.41) is 2.39. The summed E-state index contributed by atoms with van der Waals surface area (Å²) in [6, 6.07) is 0. The topological polar surface area (TPSA) is 29.1 Å². The van der Waals surface area contributed by atoms with E-state index < -0.39 is 0 Å². The molecule has 0 aliphatic carbocycles. The van der Waals surface area contributed by atoms with Crippen molar-refractivity contribution in [3.05, 3.63) is 0 Å². The van der Waals surface area contributed by atoms with Crippen LogP contribution in [0.15, 0.2) is 0 Å². The van der Waals surface area contributed by atoms with Gasteiger partial charge in [0.05, 0.1) is 26.2 Å². The van der Waals surface area contributed by atoms with Gasteiger partial charge in [0.15, 0.2) is 0 Å². The van der Waals surface area contributed by atoms with Gasteiger partial charge in [-0.1, -0.05) is 53.4 Å². The SMILES string of the molecule is CCCC[N+](CCCC)(CCCC)CCCC.CNC(C)=O. The lowest BCUT2D eigenvalue weighted by atomic mass is 10.1. The molecule has 0 heterocycles. The van der Waals surface area contributed by atoms with Crippen molar-refractivity contribution >= 4 is 5.91 Å². The van der Waals surface area contributed by atoms with E-state index in [1.807, 2.05) is 0 Å². The van der Waals surface area contributed by atoms with Crippen LogP contribution in [0.5, 0.6) is 0 Å². The Morgan fingerprint density at radius 1 is 0.727 bits per heavy atom. The maximum atomic E-state index is 9.70. The van der Waals surface area contributed by atoms with Crippen LogP contribution in [-0.4, -0.2) is 43.6 Å². The molecule has 0 aromatic heterocycles. The van der Waals surface area contributed by atoms with Crippen molar-refractivity contribution in [2.24, 2.45) is 0 Å². The van der Waals surface area contributed by atoms with Crippen molar-refractivity contribution in [3.8, 4) is 0 Å². The first-order valence-electron chi connectivity index (χ1n) is 9.55. The summed E-state index contributed by atoms with van der Waals surface area (Å²) in [7, 11) is 1.60. The molecule has 0 unspecified atom stereocenters. The van der Waals surface area contributed by atoms with Crippen LogP contribution >= 0.6 is 0 Å². The third-order valence-corrected chi connectivity index (χ3v) is 4.30. The number of nitrogens with one attached hydrogen (secondary N) is 1. The van der Waals surface area contributed by atoms with E-state index >= 15 is 0 Å². The third kappa shape index (κ3) is 14.4. The molecular weight excluding hydrogens is 272 g/mol. The van der Waals surface area contributed by atoms with E-state index in [2.05, 4.69) is 33.0 Å². The maximum absolute atomic E-state index is 9.70.